The van der Waals surface area contributed by atoms with Gasteiger partial charge in [0, 0.05) is 10.6 Å². The molecule has 3 nitrogen and oxygen atoms in total. The molecule has 1 aromatic rings. The van der Waals surface area contributed by atoms with Crippen LogP contribution in [0.1, 0.15) is 5.56 Å². The number of aryl methyl sites for hydroxylation is 1. The summed E-state index contributed by atoms with van der Waals surface area (Å²) in [7, 11) is 0. The number of carbonyl (C=O) groups is 1. The van der Waals surface area contributed by atoms with Gasteiger partial charge in [-0.25, -0.2) is 0 Å². The number of thioether (sulfide) groups is 1. The Kier molecular flexibility index (Phi) is 3.98. The lowest BCUT2D eigenvalue weighted by Gasteiger charge is -2.07. The first kappa shape index (κ1) is 11.1. The third kappa shape index (κ3) is 3.05. The Morgan fingerprint density at radius 3 is 2.79 bits per heavy atom. The van der Waals surface area contributed by atoms with Crippen LogP contribution in [-0.2, 0) is 4.79 Å². The van der Waals surface area contributed by atoms with Gasteiger partial charge >= 0.3 is 0 Å². The molecule has 0 spiro atoms. The maximum absolute atomic E-state index is 10.6. The molecule has 1 unspecified atom stereocenters. The lowest BCUT2D eigenvalue weighted by atomic mass is 10.2. The van der Waals surface area contributed by atoms with Crippen molar-refractivity contribution in [1.82, 2.24) is 0 Å². The minimum absolute atomic E-state index is 0.306. The first-order valence-corrected chi connectivity index (χ1v) is 5.25. The number of primary amides is 1. The quantitative estimate of drug-likeness (QED) is 0.728. The molecule has 0 heterocycles. The highest BCUT2D eigenvalue weighted by atomic mass is 32.2. The summed E-state index contributed by atoms with van der Waals surface area (Å²) in [5.41, 5.74) is 6.07. The maximum Gasteiger partial charge on any atom is 0.247 e. The van der Waals surface area contributed by atoms with E-state index in [9.17, 15) is 9.90 Å². The van der Waals surface area contributed by atoms with E-state index in [0.717, 1.165) is 10.5 Å². The Bertz CT molecular complexity index is 328. The second-order valence-electron chi connectivity index (χ2n) is 2.99. The lowest BCUT2D eigenvalue weighted by Crippen LogP contribution is -2.30. The fourth-order valence-corrected chi connectivity index (χ4v) is 1.94. The van der Waals surface area contributed by atoms with E-state index < -0.39 is 12.0 Å². The number of benzene rings is 1. The van der Waals surface area contributed by atoms with Gasteiger partial charge in [0.2, 0.25) is 5.91 Å². The summed E-state index contributed by atoms with van der Waals surface area (Å²) in [4.78, 5) is 11.6. The van der Waals surface area contributed by atoms with E-state index in [0.29, 0.717) is 5.75 Å². The van der Waals surface area contributed by atoms with E-state index in [1.54, 1.807) is 0 Å². The SMILES string of the molecule is Cc1ccccc1SCC(O)C(N)=O. The Hall–Kier alpha value is -1.00. The van der Waals surface area contributed by atoms with Crippen LogP contribution in [-0.4, -0.2) is 22.9 Å². The molecule has 0 bridgehead atoms. The van der Waals surface area contributed by atoms with Crippen molar-refractivity contribution in [2.24, 2.45) is 5.73 Å². The van der Waals surface area contributed by atoms with Crippen LogP contribution in [0.25, 0.3) is 0 Å². The number of nitrogens with two attached hydrogens (primary N) is 1. The number of hydrogen-bond donors (Lipinski definition) is 2. The third-order valence-corrected chi connectivity index (χ3v) is 3.07. The van der Waals surface area contributed by atoms with Gasteiger partial charge in [-0.1, -0.05) is 18.2 Å². The number of aliphatic hydroxyl groups excluding tert-OH is 1. The van der Waals surface area contributed by atoms with Crippen molar-refractivity contribution < 1.29 is 9.90 Å². The highest BCUT2D eigenvalue weighted by Gasteiger charge is 2.11. The molecule has 0 radical (unpaired) electrons. The summed E-state index contributed by atoms with van der Waals surface area (Å²) < 4.78 is 0. The first-order chi connectivity index (χ1) is 6.61. The summed E-state index contributed by atoms with van der Waals surface area (Å²) in [6.07, 6.45) is -1.07. The Morgan fingerprint density at radius 1 is 1.57 bits per heavy atom. The second-order valence-corrected chi connectivity index (χ2v) is 4.06. The molecule has 1 aromatic carbocycles. The molecule has 0 saturated carbocycles. The van der Waals surface area contributed by atoms with Crippen molar-refractivity contribution in [2.45, 2.75) is 17.9 Å². The molecule has 0 aliphatic rings. The topological polar surface area (TPSA) is 63.3 Å². The van der Waals surface area contributed by atoms with Crippen molar-refractivity contribution >= 4 is 17.7 Å². The normalized spacial score (nSPS) is 12.4. The largest absolute Gasteiger partial charge is 0.382 e. The number of aliphatic hydroxyl groups is 1. The molecule has 0 aliphatic heterocycles. The van der Waals surface area contributed by atoms with E-state index in [1.165, 1.54) is 11.8 Å². The van der Waals surface area contributed by atoms with Crippen LogP contribution >= 0.6 is 11.8 Å². The van der Waals surface area contributed by atoms with Crippen LogP contribution in [0.5, 0.6) is 0 Å². The first-order valence-electron chi connectivity index (χ1n) is 4.27. The van der Waals surface area contributed by atoms with Gasteiger partial charge in [-0.3, -0.25) is 4.79 Å². The van der Waals surface area contributed by atoms with E-state index in [-0.39, 0.29) is 0 Å². The average molecular weight is 211 g/mol. The van der Waals surface area contributed by atoms with Crippen molar-refractivity contribution in [1.29, 1.82) is 0 Å². The summed E-state index contributed by atoms with van der Waals surface area (Å²) >= 11 is 1.43. The third-order valence-electron chi connectivity index (χ3n) is 1.82. The summed E-state index contributed by atoms with van der Waals surface area (Å²) in [5.74, 6) is -0.369. The van der Waals surface area contributed by atoms with Crippen LogP contribution in [0.15, 0.2) is 29.2 Å². The molecular weight excluding hydrogens is 198 g/mol. The minimum atomic E-state index is -1.07. The van der Waals surface area contributed by atoms with Gasteiger partial charge in [0.1, 0.15) is 6.10 Å². The molecule has 14 heavy (non-hydrogen) atoms. The monoisotopic (exact) mass is 211 g/mol. The smallest absolute Gasteiger partial charge is 0.247 e. The van der Waals surface area contributed by atoms with Gasteiger partial charge in [0.25, 0.3) is 0 Å². The van der Waals surface area contributed by atoms with Crippen LogP contribution in [0.2, 0.25) is 0 Å². The molecule has 1 rings (SSSR count). The maximum atomic E-state index is 10.6. The summed E-state index contributed by atoms with van der Waals surface area (Å²) in [6.45, 7) is 1.99. The lowest BCUT2D eigenvalue weighted by molar-refractivity contribution is -0.124. The zero-order valence-electron chi connectivity index (χ0n) is 7.93. The predicted octanol–water partition coefficient (Wildman–Crippen LogP) is 0.933. The zero-order valence-corrected chi connectivity index (χ0v) is 8.75. The van der Waals surface area contributed by atoms with Crippen molar-refractivity contribution in [2.75, 3.05) is 5.75 Å². The Labute approximate surface area is 87.3 Å². The van der Waals surface area contributed by atoms with Crippen LogP contribution in [0, 0.1) is 6.92 Å². The van der Waals surface area contributed by atoms with E-state index in [1.807, 2.05) is 31.2 Å². The molecule has 3 N–H and O–H groups in total. The number of rotatable bonds is 4. The van der Waals surface area contributed by atoms with Crippen molar-refractivity contribution in [3.63, 3.8) is 0 Å². The highest BCUT2D eigenvalue weighted by Crippen LogP contribution is 2.22. The molecule has 1 amide bonds. The second kappa shape index (κ2) is 5.02. The molecule has 76 valence electrons. The van der Waals surface area contributed by atoms with E-state index >= 15 is 0 Å². The molecule has 0 aliphatic carbocycles. The van der Waals surface area contributed by atoms with Gasteiger partial charge in [-0.05, 0) is 18.6 Å². The van der Waals surface area contributed by atoms with Gasteiger partial charge in [0.15, 0.2) is 0 Å². The van der Waals surface area contributed by atoms with Gasteiger partial charge in [-0.2, -0.15) is 0 Å². The van der Waals surface area contributed by atoms with Crippen LogP contribution in [0.4, 0.5) is 0 Å². The predicted molar refractivity (Wildman–Crippen MR) is 57.1 cm³/mol. The number of amides is 1. The number of carbonyl (C=O) groups excluding carboxylic acids is 1. The molecule has 0 fully saturated rings. The van der Waals surface area contributed by atoms with Gasteiger partial charge in [-0.15, -0.1) is 11.8 Å². The standard InChI is InChI=1S/C10H13NO2S/c1-7-4-2-3-5-9(7)14-6-8(12)10(11)13/h2-5,8,12H,6H2,1H3,(H2,11,13). The average Bonchev–Trinajstić information content (AvgIpc) is 2.16. The van der Waals surface area contributed by atoms with Gasteiger partial charge < -0.3 is 10.8 Å². The summed E-state index contributed by atoms with van der Waals surface area (Å²) in [5, 5.41) is 9.18. The molecular formula is C10H13NO2S. The minimum Gasteiger partial charge on any atom is -0.382 e. The Balaban J connectivity index is 2.54. The fraction of sp³-hybridized carbons (Fsp3) is 0.300. The molecule has 0 saturated heterocycles. The van der Waals surface area contributed by atoms with Crippen molar-refractivity contribution in [3.8, 4) is 0 Å². The zero-order chi connectivity index (χ0) is 10.6. The molecule has 4 heteroatoms. The highest BCUT2D eigenvalue weighted by molar-refractivity contribution is 7.99. The van der Waals surface area contributed by atoms with E-state index in [2.05, 4.69) is 0 Å². The summed E-state index contributed by atoms with van der Waals surface area (Å²) in [6, 6.07) is 7.81. The number of hydrogen-bond acceptors (Lipinski definition) is 3. The fourth-order valence-electron chi connectivity index (χ4n) is 0.969. The van der Waals surface area contributed by atoms with Crippen LogP contribution in [0.3, 0.4) is 0 Å². The Morgan fingerprint density at radius 2 is 2.21 bits per heavy atom. The molecule has 1 atom stereocenters. The molecule has 0 aromatic heterocycles. The van der Waals surface area contributed by atoms with Crippen LogP contribution < -0.4 is 5.73 Å². The van der Waals surface area contributed by atoms with Crippen molar-refractivity contribution in [3.05, 3.63) is 29.8 Å². The van der Waals surface area contributed by atoms with Gasteiger partial charge in [0.05, 0.1) is 0 Å². The van der Waals surface area contributed by atoms with E-state index in [4.69, 9.17) is 5.73 Å².